The van der Waals surface area contributed by atoms with Crippen molar-refractivity contribution in [1.29, 1.82) is 0 Å². The van der Waals surface area contributed by atoms with Crippen molar-refractivity contribution < 1.29 is 14.4 Å². The van der Waals surface area contributed by atoms with Gasteiger partial charge in [0.2, 0.25) is 5.91 Å². The quantitative estimate of drug-likeness (QED) is 0.838. The number of rotatable bonds is 6. The van der Waals surface area contributed by atoms with E-state index in [-0.39, 0.29) is 30.2 Å². The van der Waals surface area contributed by atoms with Gasteiger partial charge in [-0.3, -0.25) is 14.4 Å². The van der Waals surface area contributed by atoms with Gasteiger partial charge in [-0.1, -0.05) is 24.3 Å². The highest BCUT2D eigenvalue weighted by atomic mass is 16.2. The molecule has 3 amide bonds. The predicted octanol–water partition coefficient (Wildman–Crippen LogP) is 2.54. The van der Waals surface area contributed by atoms with Crippen molar-refractivity contribution in [3.63, 3.8) is 0 Å². The zero-order valence-electron chi connectivity index (χ0n) is 15.2. The Bertz CT molecular complexity index is 788. The Morgan fingerprint density at radius 1 is 0.962 bits per heavy atom. The summed E-state index contributed by atoms with van der Waals surface area (Å²) in [5.74, 6) is -0.589. The van der Waals surface area contributed by atoms with Gasteiger partial charge in [-0.2, -0.15) is 0 Å². The fourth-order valence-electron chi connectivity index (χ4n) is 2.43. The lowest BCUT2D eigenvalue weighted by atomic mass is 10.1. The van der Waals surface area contributed by atoms with Crippen molar-refractivity contribution in [3.05, 3.63) is 65.7 Å². The van der Waals surface area contributed by atoms with E-state index in [9.17, 15) is 14.4 Å². The topological polar surface area (TPSA) is 78.5 Å². The second-order valence-corrected chi connectivity index (χ2v) is 6.27. The Morgan fingerprint density at radius 3 is 2.27 bits per heavy atom. The van der Waals surface area contributed by atoms with Crippen LogP contribution in [-0.2, 0) is 4.79 Å². The van der Waals surface area contributed by atoms with E-state index in [4.69, 9.17) is 0 Å². The highest BCUT2D eigenvalue weighted by Gasteiger charge is 2.14. The number of carbonyl (C=O) groups excluding carboxylic acids is 3. The molecule has 0 bridgehead atoms. The zero-order chi connectivity index (χ0) is 19.1. The molecule has 2 aromatic rings. The van der Waals surface area contributed by atoms with Crippen molar-refractivity contribution >= 4 is 23.4 Å². The molecule has 0 fully saturated rings. The molecule has 2 aromatic carbocycles. The summed E-state index contributed by atoms with van der Waals surface area (Å²) < 4.78 is 0. The first kappa shape index (κ1) is 19.2. The average molecular weight is 353 g/mol. The highest BCUT2D eigenvalue weighted by Crippen LogP contribution is 2.13. The Labute approximate surface area is 153 Å². The molecule has 0 saturated carbocycles. The second kappa shape index (κ2) is 8.80. The van der Waals surface area contributed by atoms with Gasteiger partial charge in [0.1, 0.15) is 0 Å². The lowest BCUT2D eigenvalue weighted by Gasteiger charge is -2.15. The maximum absolute atomic E-state index is 12.2. The van der Waals surface area contributed by atoms with E-state index in [1.165, 1.54) is 4.90 Å². The van der Waals surface area contributed by atoms with Crippen molar-refractivity contribution in [2.75, 3.05) is 19.4 Å². The van der Waals surface area contributed by atoms with Gasteiger partial charge in [0.15, 0.2) is 0 Å². The van der Waals surface area contributed by atoms with Crippen LogP contribution < -0.4 is 10.6 Å². The van der Waals surface area contributed by atoms with Gasteiger partial charge in [-0.15, -0.1) is 0 Å². The minimum atomic E-state index is -0.325. The summed E-state index contributed by atoms with van der Waals surface area (Å²) in [4.78, 5) is 37.7. The lowest BCUT2D eigenvalue weighted by Crippen LogP contribution is -2.35. The van der Waals surface area contributed by atoms with E-state index >= 15 is 0 Å². The molecule has 136 valence electrons. The van der Waals surface area contributed by atoms with Crippen molar-refractivity contribution in [2.45, 2.75) is 19.4 Å². The molecule has 0 aromatic heterocycles. The van der Waals surface area contributed by atoms with Crippen molar-refractivity contribution in [2.24, 2.45) is 0 Å². The number of nitrogens with zero attached hydrogens (tertiary/aromatic N) is 1. The summed E-state index contributed by atoms with van der Waals surface area (Å²) in [7, 11) is 3.34. The van der Waals surface area contributed by atoms with Gasteiger partial charge >= 0.3 is 0 Å². The van der Waals surface area contributed by atoms with Crippen LogP contribution in [0.15, 0.2) is 54.6 Å². The molecular weight excluding hydrogens is 330 g/mol. The molecule has 0 spiro atoms. The molecule has 2 rings (SSSR count). The van der Waals surface area contributed by atoms with Crippen LogP contribution in [0.4, 0.5) is 5.69 Å². The smallest absolute Gasteiger partial charge is 0.253 e. The van der Waals surface area contributed by atoms with Crippen molar-refractivity contribution in [1.82, 2.24) is 10.2 Å². The molecular formula is C20H23N3O3. The van der Waals surface area contributed by atoms with Crippen LogP contribution in [0.25, 0.3) is 0 Å². The van der Waals surface area contributed by atoms with Crippen molar-refractivity contribution in [3.8, 4) is 0 Å². The van der Waals surface area contributed by atoms with Crippen LogP contribution in [0.5, 0.6) is 0 Å². The number of hydrogen-bond donors (Lipinski definition) is 2. The molecule has 6 heteroatoms. The molecule has 1 atom stereocenters. The summed E-state index contributed by atoms with van der Waals surface area (Å²) in [6.45, 7) is 1.77. The third kappa shape index (κ3) is 5.44. The summed E-state index contributed by atoms with van der Waals surface area (Å²) in [5.41, 5.74) is 1.59. The Kier molecular flexibility index (Phi) is 6.49. The van der Waals surface area contributed by atoms with Gasteiger partial charge < -0.3 is 15.5 Å². The molecule has 1 unspecified atom stereocenters. The summed E-state index contributed by atoms with van der Waals surface area (Å²) in [6.07, 6.45) is 0.129. The normalized spacial score (nSPS) is 11.3. The first-order valence-corrected chi connectivity index (χ1v) is 8.34. The minimum Gasteiger partial charge on any atom is -0.349 e. The fraction of sp³-hybridized carbons (Fsp3) is 0.250. The molecule has 0 aliphatic carbocycles. The molecule has 0 aliphatic heterocycles. The molecule has 0 heterocycles. The van der Waals surface area contributed by atoms with E-state index in [0.29, 0.717) is 16.8 Å². The molecule has 0 aliphatic rings. The zero-order valence-corrected chi connectivity index (χ0v) is 15.2. The van der Waals surface area contributed by atoms with Crippen LogP contribution in [-0.4, -0.2) is 42.8 Å². The molecule has 26 heavy (non-hydrogen) atoms. The van der Waals surface area contributed by atoms with Gasteiger partial charge in [0.05, 0.1) is 0 Å². The number of carbonyl (C=O) groups is 3. The lowest BCUT2D eigenvalue weighted by molar-refractivity contribution is -0.116. The molecule has 0 saturated heterocycles. The van der Waals surface area contributed by atoms with Gasteiger partial charge in [-0.25, -0.2) is 0 Å². The number of benzene rings is 2. The van der Waals surface area contributed by atoms with Crippen LogP contribution in [0.2, 0.25) is 0 Å². The van der Waals surface area contributed by atoms with Gasteiger partial charge in [0, 0.05) is 43.4 Å². The van der Waals surface area contributed by atoms with Crippen LogP contribution >= 0.6 is 0 Å². The minimum absolute atomic E-state index is 0.129. The predicted molar refractivity (Wildman–Crippen MR) is 101 cm³/mol. The average Bonchev–Trinajstić information content (AvgIpc) is 2.61. The van der Waals surface area contributed by atoms with E-state index < -0.39 is 0 Å². The van der Waals surface area contributed by atoms with Crippen LogP contribution in [0, 0.1) is 0 Å². The summed E-state index contributed by atoms with van der Waals surface area (Å²) in [6, 6.07) is 15.3. The monoisotopic (exact) mass is 353 g/mol. The van der Waals surface area contributed by atoms with Gasteiger partial charge in [-0.05, 0) is 37.3 Å². The van der Waals surface area contributed by atoms with E-state index in [2.05, 4.69) is 10.6 Å². The molecule has 6 nitrogen and oxygen atoms in total. The van der Waals surface area contributed by atoms with Crippen LogP contribution in [0.1, 0.15) is 34.1 Å². The first-order valence-electron chi connectivity index (χ1n) is 8.34. The molecule has 2 N–H and O–H groups in total. The first-order chi connectivity index (χ1) is 12.4. The Hall–Kier alpha value is -3.15. The van der Waals surface area contributed by atoms with Crippen LogP contribution in [0.3, 0.4) is 0 Å². The SMILES string of the molecule is CC(CC(=O)Nc1cccc(C(=O)N(C)C)c1)NC(=O)c1ccccc1. The number of amides is 3. The second-order valence-electron chi connectivity index (χ2n) is 6.27. The number of hydrogen-bond acceptors (Lipinski definition) is 3. The fourth-order valence-corrected chi connectivity index (χ4v) is 2.43. The van der Waals surface area contributed by atoms with E-state index in [0.717, 1.165) is 0 Å². The maximum atomic E-state index is 12.2. The Morgan fingerprint density at radius 2 is 1.62 bits per heavy atom. The number of anilines is 1. The molecule has 0 radical (unpaired) electrons. The van der Waals surface area contributed by atoms with E-state index in [1.54, 1.807) is 69.6 Å². The summed E-state index contributed by atoms with van der Waals surface area (Å²) in [5, 5.41) is 5.56. The highest BCUT2D eigenvalue weighted by molar-refractivity contribution is 5.97. The number of nitrogens with one attached hydrogen (secondary N) is 2. The maximum Gasteiger partial charge on any atom is 0.253 e. The third-order valence-corrected chi connectivity index (χ3v) is 3.70. The van der Waals surface area contributed by atoms with Gasteiger partial charge in [0.25, 0.3) is 11.8 Å². The standard InChI is InChI=1S/C20H23N3O3/c1-14(21-19(25)15-8-5-4-6-9-15)12-18(24)22-17-11-7-10-16(13-17)20(26)23(2)3/h4-11,13-14H,12H2,1-3H3,(H,21,25)(H,22,24). The Balaban J connectivity index is 1.91. The van der Waals surface area contributed by atoms with E-state index in [1.807, 2.05) is 6.07 Å². The summed E-state index contributed by atoms with van der Waals surface area (Å²) >= 11 is 0. The third-order valence-electron chi connectivity index (χ3n) is 3.70. The largest absolute Gasteiger partial charge is 0.349 e.